The average Bonchev–Trinajstić information content (AvgIpc) is 3.90. The summed E-state index contributed by atoms with van der Waals surface area (Å²) in [5.74, 6) is -1.53. The van der Waals surface area contributed by atoms with Crippen molar-refractivity contribution in [1.29, 1.82) is 0 Å². The number of thiophene rings is 2. The summed E-state index contributed by atoms with van der Waals surface area (Å²) in [5.41, 5.74) is 2.82. The Morgan fingerprint density at radius 2 is 1.56 bits per heavy atom. The van der Waals surface area contributed by atoms with Crippen molar-refractivity contribution in [3.63, 3.8) is 0 Å². The molecule has 4 aromatic rings. The molecule has 290 valence electrons. The van der Waals surface area contributed by atoms with Crippen molar-refractivity contribution in [2.45, 2.75) is 87.6 Å². The van der Waals surface area contributed by atoms with Crippen LogP contribution in [-0.4, -0.2) is 50.1 Å². The van der Waals surface area contributed by atoms with Gasteiger partial charge in [-0.25, -0.2) is 0 Å². The summed E-state index contributed by atoms with van der Waals surface area (Å²) in [6.45, 7) is 4.50. The second-order valence-corrected chi connectivity index (χ2v) is 18.9. The molecule has 0 amide bonds. The minimum absolute atomic E-state index is 0. The number of carbonyl (C=O) groups is 1. The average molecular weight is 974 g/mol. The van der Waals surface area contributed by atoms with Crippen molar-refractivity contribution in [2.24, 2.45) is 5.92 Å². The van der Waals surface area contributed by atoms with Gasteiger partial charge in [0.05, 0.1) is 10.6 Å². The summed E-state index contributed by atoms with van der Waals surface area (Å²) in [6.07, 6.45) is 5.41. The fraction of sp³-hybridized carbons (Fsp3) is 0.410. The van der Waals surface area contributed by atoms with Gasteiger partial charge in [0.15, 0.2) is 5.78 Å². The molecule has 2 aliphatic rings. The Bertz CT molecular complexity index is 2130. The van der Waals surface area contributed by atoms with Crippen LogP contribution in [0.3, 0.4) is 0 Å². The summed E-state index contributed by atoms with van der Waals surface area (Å²) in [7, 11) is -8.56. The van der Waals surface area contributed by atoms with Gasteiger partial charge in [-0.15, -0.1) is 26.3 Å². The molecule has 2 radical (unpaired) electrons. The van der Waals surface area contributed by atoms with E-state index in [4.69, 9.17) is 0 Å². The minimum atomic E-state index is -4.41. The van der Waals surface area contributed by atoms with E-state index < -0.39 is 31.6 Å². The number of unbranched alkanes of at least 4 members (excludes halogenated alkanes) is 3. The fourth-order valence-corrected chi connectivity index (χ4v) is 10.2. The Morgan fingerprint density at radius 3 is 2.11 bits per heavy atom. The molecule has 0 fully saturated rings. The molecule has 2 aromatic heterocycles. The smallest absolute Gasteiger partial charge is 0.294 e. The number of fused-ring (bicyclic) bond motifs is 1. The van der Waals surface area contributed by atoms with Gasteiger partial charge in [0.2, 0.25) is 0 Å². The zero-order valence-corrected chi connectivity index (χ0v) is 39.7. The van der Waals surface area contributed by atoms with E-state index in [9.17, 15) is 35.8 Å². The topological polar surface area (TPSA) is 164 Å². The van der Waals surface area contributed by atoms with Gasteiger partial charge in [-0.3, -0.25) is 36.6 Å². The van der Waals surface area contributed by atoms with Crippen LogP contribution in [0.4, 0.5) is 11.4 Å². The molecule has 1 aliphatic carbocycles. The normalized spacial score (nSPS) is 19.3. The number of ketones is 1. The third-order valence-electron chi connectivity index (χ3n) is 10.5. The summed E-state index contributed by atoms with van der Waals surface area (Å²) < 4.78 is 66.3. The first kappa shape index (κ1) is 46.4. The van der Waals surface area contributed by atoms with E-state index in [1.807, 2.05) is 55.5 Å². The second-order valence-electron chi connectivity index (χ2n) is 14.1. The minimum Gasteiger partial charge on any atom is -0.875 e. The van der Waals surface area contributed by atoms with E-state index in [2.05, 4.69) is 27.9 Å². The number of Topliss-reactive ketones (excluding diaryl/α,β-unsaturated/α-hetero) is 1. The summed E-state index contributed by atoms with van der Waals surface area (Å²) >= 11 is 2.94. The van der Waals surface area contributed by atoms with E-state index >= 15 is 0 Å². The van der Waals surface area contributed by atoms with Crippen LogP contribution in [-0.2, 0) is 102 Å². The number of benzene rings is 2. The Labute approximate surface area is 382 Å². The molecular weight excluding hydrogens is 931 g/mol. The molecule has 3 N–H and O–H groups in total. The van der Waals surface area contributed by atoms with Gasteiger partial charge in [-0.1, -0.05) is 51.7 Å². The predicted molar refractivity (Wildman–Crippen MR) is 207 cm³/mol. The SMILES string of the molecule is CCCCCCC1(C)c2cc(S(=O)(=O)O)ccc2NC1CC1=C([O-])C(Cc2ccc(N(CCCS(=O)(=O)O)C(c3cc[c-]s3)c3cc[c-]s3)cc2)C1=O.[Y].[Y]. The van der Waals surface area contributed by atoms with Crippen molar-refractivity contribution in [3.8, 4) is 0 Å². The van der Waals surface area contributed by atoms with Gasteiger partial charge < -0.3 is 15.3 Å². The number of nitrogens with zero attached hydrogens (tertiary/aromatic N) is 1. The van der Waals surface area contributed by atoms with Crippen molar-refractivity contribution in [2.75, 3.05) is 22.5 Å². The van der Waals surface area contributed by atoms with Gasteiger partial charge in [0, 0.05) is 101 Å². The molecule has 0 saturated carbocycles. The Balaban J connectivity index is 0.00000336. The van der Waals surface area contributed by atoms with E-state index in [1.54, 1.807) is 6.07 Å². The van der Waals surface area contributed by atoms with E-state index in [0.29, 0.717) is 6.54 Å². The second kappa shape index (κ2) is 19.6. The number of allylic oxidation sites excluding steroid dienone is 1. The molecule has 2 aromatic carbocycles. The van der Waals surface area contributed by atoms with Crippen LogP contribution in [0, 0.1) is 16.7 Å². The van der Waals surface area contributed by atoms with Crippen LogP contribution < -0.4 is 15.3 Å². The van der Waals surface area contributed by atoms with Crippen molar-refractivity contribution in [3.05, 3.63) is 110 Å². The molecule has 55 heavy (non-hydrogen) atoms. The van der Waals surface area contributed by atoms with Gasteiger partial charge in [0.25, 0.3) is 20.2 Å². The molecular formula is C39H43N2O8S4Y2-3. The van der Waals surface area contributed by atoms with Gasteiger partial charge >= 0.3 is 0 Å². The number of rotatable bonds is 18. The number of anilines is 2. The molecule has 3 heterocycles. The zero-order valence-electron chi connectivity index (χ0n) is 30.7. The van der Waals surface area contributed by atoms with Crippen LogP contribution in [0.5, 0.6) is 0 Å². The van der Waals surface area contributed by atoms with Crippen LogP contribution in [0.25, 0.3) is 0 Å². The quantitative estimate of drug-likeness (QED) is 0.0538. The largest absolute Gasteiger partial charge is 0.875 e. The van der Waals surface area contributed by atoms with Crippen LogP contribution in [0.1, 0.15) is 85.7 Å². The molecule has 0 spiro atoms. The van der Waals surface area contributed by atoms with Crippen LogP contribution in [0.2, 0.25) is 0 Å². The first-order chi connectivity index (χ1) is 25.2. The molecule has 0 saturated heterocycles. The Kier molecular flexibility index (Phi) is 16.5. The van der Waals surface area contributed by atoms with Crippen molar-refractivity contribution < 1.29 is 101 Å². The number of nitrogens with one attached hydrogen (secondary N) is 1. The van der Waals surface area contributed by atoms with E-state index in [-0.39, 0.29) is 125 Å². The molecule has 16 heteroatoms. The molecule has 3 unspecified atom stereocenters. The predicted octanol–water partition coefficient (Wildman–Crippen LogP) is 6.99. The fourth-order valence-electron chi connectivity index (χ4n) is 7.62. The monoisotopic (exact) mass is 973 g/mol. The molecule has 10 nitrogen and oxygen atoms in total. The molecule has 1 aliphatic heterocycles. The van der Waals surface area contributed by atoms with Gasteiger partial charge in [-0.05, 0) is 78.8 Å². The number of hydrogen-bond acceptors (Lipinski definition) is 10. The van der Waals surface area contributed by atoms with Crippen molar-refractivity contribution >= 4 is 60.1 Å². The van der Waals surface area contributed by atoms with Gasteiger partial charge in [-0.2, -0.15) is 41.1 Å². The van der Waals surface area contributed by atoms with Crippen molar-refractivity contribution in [1.82, 2.24) is 0 Å². The van der Waals surface area contributed by atoms with Crippen LogP contribution in [0.15, 0.2) is 83.0 Å². The number of carbonyl (C=O) groups excluding carboxylic acids is 1. The molecule has 6 rings (SSSR count). The first-order valence-electron chi connectivity index (χ1n) is 17.7. The van der Waals surface area contributed by atoms with E-state index in [0.717, 1.165) is 64.4 Å². The zero-order chi connectivity index (χ0) is 38.0. The third kappa shape index (κ3) is 10.8. The number of hydrogen-bond donors (Lipinski definition) is 3. The summed E-state index contributed by atoms with van der Waals surface area (Å²) in [6, 6.07) is 19.2. The van der Waals surface area contributed by atoms with E-state index in [1.165, 1.54) is 34.8 Å². The Morgan fingerprint density at radius 1 is 0.909 bits per heavy atom. The maximum Gasteiger partial charge on any atom is 0.294 e. The third-order valence-corrected chi connectivity index (χ3v) is 13.9. The summed E-state index contributed by atoms with van der Waals surface area (Å²) in [5, 5.41) is 23.3. The first-order valence-corrected chi connectivity index (χ1v) is 22.4. The molecule has 0 bridgehead atoms. The Hall–Kier alpha value is -1.32. The van der Waals surface area contributed by atoms with Gasteiger partial charge in [0.1, 0.15) is 0 Å². The maximum atomic E-state index is 13.6. The maximum absolute atomic E-state index is 13.6. The van der Waals surface area contributed by atoms with Crippen LogP contribution >= 0.6 is 22.7 Å². The summed E-state index contributed by atoms with van der Waals surface area (Å²) in [4.78, 5) is 17.5. The molecule has 3 atom stereocenters. The standard InChI is InChI=1S/C39H44N2O8S4.2Y/c1-3-4-5-6-18-39(2)31-24-28(53(47,48)49)16-17-32(31)40-35(39)25-30-37(42)29(38(30)43)23-26-12-14-27(15-13-26)41(19-9-22-52(44,45)46)36(33-10-7-20-50-33)34-11-8-21-51-34;;/h7-8,10-17,24,29,35-36,40,42H,3-6,9,18-19,22-23,25H2,1-2H3,(H,44,45,46)(H,47,48,49);;/q-2;;/p-1.